The van der Waals surface area contributed by atoms with Crippen LogP contribution in [0, 0.1) is 0 Å². The first kappa shape index (κ1) is 13.5. The third-order valence-electron chi connectivity index (χ3n) is 3.19. The number of nitrogens with zero attached hydrogens (tertiary/aromatic N) is 1. The molecule has 5 nitrogen and oxygen atoms in total. The minimum atomic E-state index is -0.389. The summed E-state index contributed by atoms with van der Waals surface area (Å²) in [7, 11) is 0. The van der Waals surface area contributed by atoms with E-state index in [4.69, 9.17) is 0 Å². The maximum absolute atomic E-state index is 11.7. The second kappa shape index (κ2) is 4.99. The molecule has 0 radical (unpaired) electrons. The molecule has 1 saturated heterocycles. The Labute approximate surface area is 112 Å². The summed E-state index contributed by atoms with van der Waals surface area (Å²) in [4.78, 5) is 27.0. The van der Waals surface area contributed by atoms with Crippen LogP contribution in [0.25, 0.3) is 0 Å². The third-order valence-corrected chi connectivity index (χ3v) is 3.19. The van der Waals surface area contributed by atoms with Crippen LogP contribution in [0.2, 0.25) is 0 Å². The topological polar surface area (TPSA) is 71.1 Å². The van der Waals surface area contributed by atoms with E-state index in [1.807, 2.05) is 12.1 Å². The smallest absolute Gasteiger partial charge is 0.249 e. The van der Waals surface area contributed by atoms with Gasteiger partial charge in [0.1, 0.15) is 11.9 Å². The lowest BCUT2D eigenvalue weighted by Crippen LogP contribution is -2.47. The van der Waals surface area contributed by atoms with Crippen LogP contribution >= 0.6 is 0 Å². The van der Waals surface area contributed by atoms with Crippen LogP contribution in [0.1, 0.15) is 39.2 Å². The molecule has 0 aliphatic carbocycles. The Balaban J connectivity index is 2.11. The van der Waals surface area contributed by atoms with E-state index < -0.39 is 0 Å². The second-order valence-electron chi connectivity index (χ2n) is 5.83. The number of nitrogens with one attached hydrogen (secondary N) is 2. The van der Waals surface area contributed by atoms with Crippen LogP contribution in [0.15, 0.2) is 18.3 Å². The highest BCUT2D eigenvalue weighted by atomic mass is 16.2. The fourth-order valence-corrected chi connectivity index (χ4v) is 1.99. The number of rotatable bonds is 2. The Morgan fingerprint density at radius 3 is 2.74 bits per heavy atom. The molecule has 1 aliphatic rings. The second-order valence-corrected chi connectivity index (χ2v) is 5.83. The van der Waals surface area contributed by atoms with Crippen molar-refractivity contribution >= 4 is 17.6 Å². The number of pyridine rings is 1. The van der Waals surface area contributed by atoms with Gasteiger partial charge in [0, 0.05) is 12.6 Å². The van der Waals surface area contributed by atoms with Crippen LogP contribution in [-0.2, 0) is 15.0 Å². The molecule has 2 heterocycles. The quantitative estimate of drug-likeness (QED) is 0.793. The number of hydrogen-bond donors (Lipinski definition) is 2. The minimum absolute atomic E-state index is 0.0319. The summed E-state index contributed by atoms with van der Waals surface area (Å²) < 4.78 is 0. The Bertz CT molecular complexity index is 506. The summed E-state index contributed by atoms with van der Waals surface area (Å²) in [6.07, 6.45) is 2.60. The van der Waals surface area contributed by atoms with Gasteiger partial charge in [0.15, 0.2) is 0 Å². The molecule has 1 aromatic heterocycles. The number of imide groups is 1. The fourth-order valence-electron chi connectivity index (χ4n) is 1.99. The molecule has 2 N–H and O–H groups in total. The van der Waals surface area contributed by atoms with E-state index in [9.17, 15) is 9.59 Å². The molecule has 0 saturated carbocycles. The summed E-state index contributed by atoms with van der Waals surface area (Å²) >= 11 is 0. The number of carbonyl (C=O) groups is 2. The number of piperidine rings is 1. The summed E-state index contributed by atoms with van der Waals surface area (Å²) in [6.45, 7) is 6.37. The maximum atomic E-state index is 11.7. The van der Waals surface area contributed by atoms with E-state index in [1.165, 1.54) is 0 Å². The van der Waals surface area contributed by atoms with E-state index in [-0.39, 0.29) is 23.3 Å². The van der Waals surface area contributed by atoms with E-state index in [0.29, 0.717) is 18.7 Å². The van der Waals surface area contributed by atoms with Crippen molar-refractivity contribution in [3.05, 3.63) is 23.9 Å². The SMILES string of the molecule is CC(C)(C)c1ccnc(NC2CCC(=O)NC2=O)c1. The van der Waals surface area contributed by atoms with Crippen LogP contribution < -0.4 is 10.6 Å². The fraction of sp³-hybridized carbons (Fsp3) is 0.500. The molecule has 2 rings (SSSR count). The standard InChI is InChI=1S/C14H19N3O2/c1-14(2,3)9-6-7-15-11(8-9)16-10-4-5-12(18)17-13(10)19/h6-8,10H,4-5H2,1-3H3,(H,15,16)(H,17,18,19). The maximum Gasteiger partial charge on any atom is 0.249 e. The molecule has 1 atom stereocenters. The van der Waals surface area contributed by atoms with Gasteiger partial charge in [-0.05, 0) is 29.5 Å². The Kier molecular flexibility index (Phi) is 3.55. The average Bonchev–Trinajstić information content (AvgIpc) is 2.32. The Morgan fingerprint density at radius 1 is 1.37 bits per heavy atom. The van der Waals surface area contributed by atoms with E-state index in [2.05, 4.69) is 36.4 Å². The van der Waals surface area contributed by atoms with E-state index in [0.717, 1.165) is 5.56 Å². The van der Waals surface area contributed by atoms with Gasteiger partial charge in [-0.2, -0.15) is 0 Å². The number of hydrogen-bond acceptors (Lipinski definition) is 4. The highest BCUT2D eigenvalue weighted by molar-refractivity contribution is 6.01. The first-order chi connectivity index (χ1) is 8.86. The van der Waals surface area contributed by atoms with Crippen molar-refractivity contribution in [2.24, 2.45) is 0 Å². The molecule has 1 aliphatic heterocycles. The molecule has 1 unspecified atom stereocenters. The number of aromatic nitrogens is 1. The summed E-state index contributed by atoms with van der Waals surface area (Å²) in [6, 6.07) is 3.53. The van der Waals surface area contributed by atoms with Crippen LogP contribution in [0.5, 0.6) is 0 Å². The van der Waals surface area contributed by atoms with Crippen molar-refractivity contribution in [2.75, 3.05) is 5.32 Å². The van der Waals surface area contributed by atoms with Crippen molar-refractivity contribution in [3.63, 3.8) is 0 Å². The predicted molar refractivity (Wildman–Crippen MR) is 72.7 cm³/mol. The first-order valence-corrected chi connectivity index (χ1v) is 6.43. The summed E-state index contributed by atoms with van der Waals surface area (Å²) in [5.74, 6) is 0.181. The Morgan fingerprint density at radius 2 is 2.11 bits per heavy atom. The van der Waals surface area contributed by atoms with Gasteiger partial charge in [0.05, 0.1) is 0 Å². The minimum Gasteiger partial charge on any atom is -0.358 e. The number of anilines is 1. The lowest BCUT2D eigenvalue weighted by atomic mass is 9.88. The molecule has 1 aromatic rings. The Hall–Kier alpha value is -1.91. The van der Waals surface area contributed by atoms with Gasteiger partial charge in [-0.25, -0.2) is 4.98 Å². The summed E-state index contributed by atoms with van der Waals surface area (Å²) in [5, 5.41) is 5.41. The zero-order chi connectivity index (χ0) is 14.0. The highest BCUT2D eigenvalue weighted by Crippen LogP contribution is 2.24. The molecule has 2 amide bonds. The zero-order valence-electron chi connectivity index (χ0n) is 11.5. The number of carbonyl (C=O) groups excluding carboxylic acids is 2. The first-order valence-electron chi connectivity index (χ1n) is 6.43. The highest BCUT2D eigenvalue weighted by Gasteiger charge is 2.26. The molecule has 102 valence electrons. The molecule has 1 fully saturated rings. The predicted octanol–water partition coefficient (Wildman–Crippen LogP) is 1.60. The molecule has 5 heteroatoms. The van der Waals surface area contributed by atoms with Crippen molar-refractivity contribution in [2.45, 2.75) is 45.1 Å². The van der Waals surface area contributed by atoms with Crippen molar-refractivity contribution in [1.29, 1.82) is 0 Å². The van der Waals surface area contributed by atoms with Gasteiger partial charge in [-0.3, -0.25) is 14.9 Å². The van der Waals surface area contributed by atoms with Gasteiger partial charge in [-0.1, -0.05) is 20.8 Å². The van der Waals surface area contributed by atoms with Crippen molar-refractivity contribution < 1.29 is 9.59 Å². The lowest BCUT2D eigenvalue weighted by molar-refractivity contribution is -0.133. The van der Waals surface area contributed by atoms with Crippen molar-refractivity contribution in [3.8, 4) is 0 Å². The van der Waals surface area contributed by atoms with E-state index >= 15 is 0 Å². The number of amides is 2. The largest absolute Gasteiger partial charge is 0.358 e. The van der Waals surface area contributed by atoms with Gasteiger partial charge < -0.3 is 5.32 Å². The molecule has 19 heavy (non-hydrogen) atoms. The summed E-state index contributed by atoms with van der Waals surface area (Å²) in [5.41, 5.74) is 1.18. The molecule has 0 spiro atoms. The molecule has 0 bridgehead atoms. The molecular weight excluding hydrogens is 242 g/mol. The normalized spacial score (nSPS) is 20.1. The van der Waals surface area contributed by atoms with Gasteiger partial charge in [-0.15, -0.1) is 0 Å². The molecular formula is C14H19N3O2. The van der Waals surface area contributed by atoms with Crippen LogP contribution in [0.4, 0.5) is 5.82 Å². The van der Waals surface area contributed by atoms with Crippen molar-refractivity contribution in [1.82, 2.24) is 10.3 Å². The van der Waals surface area contributed by atoms with Crippen LogP contribution in [0.3, 0.4) is 0 Å². The third kappa shape index (κ3) is 3.30. The lowest BCUT2D eigenvalue weighted by Gasteiger charge is -2.24. The van der Waals surface area contributed by atoms with Gasteiger partial charge >= 0.3 is 0 Å². The molecule has 0 aromatic carbocycles. The van der Waals surface area contributed by atoms with E-state index in [1.54, 1.807) is 6.20 Å². The van der Waals surface area contributed by atoms with Crippen LogP contribution in [-0.4, -0.2) is 22.8 Å². The average molecular weight is 261 g/mol. The zero-order valence-corrected chi connectivity index (χ0v) is 11.5. The van der Waals surface area contributed by atoms with Gasteiger partial charge in [0.25, 0.3) is 0 Å². The van der Waals surface area contributed by atoms with Gasteiger partial charge in [0.2, 0.25) is 11.8 Å². The monoisotopic (exact) mass is 261 g/mol.